The summed E-state index contributed by atoms with van der Waals surface area (Å²) in [6.45, 7) is 0. The van der Waals surface area contributed by atoms with E-state index >= 15 is 0 Å². The van der Waals surface area contributed by atoms with Crippen LogP contribution in [-0.2, 0) is 6.42 Å². The van der Waals surface area contributed by atoms with Crippen molar-refractivity contribution in [1.82, 2.24) is 0 Å². The second-order valence-corrected chi connectivity index (χ2v) is 4.84. The van der Waals surface area contributed by atoms with E-state index in [1.807, 2.05) is 18.2 Å². The predicted molar refractivity (Wildman–Crippen MR) is 83.8 cm³/mol. The van der Waals surface area contributed by atoms with Crippen molar-refractivity contribution in [1.29, 1.82) is 5.26 Å². The first-order chi connectivity index (χ1) is 10.7. The van der Waals surface area contributed by atoms with E-state index < -0.39 is 0 Å². The van der Waals surface area contributed by atoms with E-state index in [-0.39, 0.29) is 11.8 Å². The van der Waals surface area contributed by atoms with E-state index in [0.29, 0.717) is 28.0 Å². The molecule has 0 atom stereocenters. The number of fused-ring (bicyclic) bond motifs is 1. The quantitative estimate of drug-likeness (QED) is 0.740. The van der Waals surface area contributed by atoms with Gasteiger partial charge in [-0.3, -0.25) is 4.79 Å². The summed E-state index contributed by atoms with van der Waals surface area (Å²) in [6.07, 6.45) is 0.196. The highest BCUT2D eigenvalue weighted by molar-refractivity contribution is 5.82. The molecule has 108 valence electrons. The fourth-order valence-corrected chi connectivity index (χ4v) is 2.38. The number of para-hydroxylation sites is 1. The van der Waals surface area contributed by atoms with Gasteiger partial charge in [-0.25, -0.2) is 0 Å². The van der Waals surface area contributed by atoms with Crippen molar-refractivity contribution in [2.75, 3.05) is 7.11 Å². The third kappa shape index (κ3) is 2.45. The summed E-state index contributed by atoms with van der Waals surface area (Å²) in [5.41, 5.74) is 1.81. The van der Waals surface area contributed by atoms with Gasteiger partial charge >= 0.3 is 0 Å². The first-order valence-electron chi connectivity index (χ1n) is 6.80. The number of methoxy groups -OCH3 is 1. The highest BCUT2D eigenvalue weighted by Gasteiger charge is 2.10. The minimum atomic E-state index is -0.126. The van der Waals surface area contributed by atoms with Crippen molar-refractivity contribution in [2.24, 2.45) is 0 Å². The molecular formula is C18H13NO3. The molecule has 0 bridgehead atoms. The zero-order chi connectivity index (χ0) is 15.5. The molecule has 1 heterocycles. The van der Waals surface area contributed by atoms with Gasteiger partial charge in [-0.1, -0.05) is 24.3 Å². The molecule has 3 rings (SSSR count). The van der Waals surface area contributed by atoms with Crippen molar-refractivity contribution >= 4 is 11.0 Å². The van der Waals surface area contributed by atoms with Gasteiger partial charge in [0.1, 0.15) is 17.1 Å². The van der Waals surface area contributed by atoms with Gasteiger partial charge in [-0.05, 0) is 18.2 Å². The SMILES string of the molecule is COc1cccc(-c2cc(=O)c3cccc(CC#N)c3o2)c1. The summed E-state index contributed by atoms with van der Waals surface area (Å²) in [6, 6.07) is 16.1. The average molecular weight is 291 g/mol. The Kier molecular flexibility index (Phi) is 3.63. The lowest BCUT2D eigenvalue weighted by Gasteiger charge is -2.07. The van der Waals surface area contributed by atoms with Crippen molar-refractivity contribution in [3.05, 3.63) is 64.3 Å². The van der Waals surface area contributed by atoms with Gasteiger partial charge in [0.25, 0.3) is 0 Å². The van der Waals surface area contributed by atoms with Gasteiger partial charge in [0.2, 0.25) is 0 Å². The Morgan fingerprint density at radius 2 is 2.00 bits per heavy atom. The number of nitrogens with zero attached hydrogens (tertiary/aromatic N) is 1. The van der Waals surface area contributed by atoms with Crippen LogP contribution in [0.3, 0.4) is 0 Å². The molecule has 3 aromatic rings. The van der Waals surface area contributed by atoms with Gasteiger partial charge in [-0.15, -0.1) is 0 Å². The molecule has 2 aromatic carbocycles. The maximum absolute atomic E-state index is 12.3. The molecule has 22 heavy (non-hydrogen) atoms. The molecule has 0 amide bonds. The molecule has 0 fully saturated rings. The monoisotopic (exact) mass is 291 g/mol. The van der Waals surface area contributed by atoms with Gasteiger partial charge in [0.15, 0.2) is 5.43 Å². The zero-order valence-corrected chi connectivity index (χ0v) is 12.0. The van der Waals surface area contributed by atoms with E-state index in [2.05, 4.69) is 6.07 Å². The van der Waals surface area contributed by atoms with Crippen LogP contribution in [0, 0.1) is 11.3 Å². The molecule has 0 aliphatic heterocycles. The molecule has 0 saturated heterocycles. The minimum absolute atomic E-state index is 0.126. The van der Waals surface area contributed by atoms with Gasteiger partial charge in [0, 0.05) is 17.2 Å². The number of hydrogen-bond acceptors (Lipinski definition) is 4. The summed E-state index contributed by atoms with van der Waals surface area (Å²) < 4.78 is 11.1. The van der Waals surface area contributed by atoms with Crippen LogP contribution in [0.1, 0.15) is 5.56 Å². The lowest BCUT2D eigenvalue weighted by molar-refractivity contribution is 0.415. The zero-order valence-electron chi connectivity index (χ0n) is 12.0. The first-order valence-corrected chi connectivity index (χ1v) is 6.80. The normalized spacial score (nSPS) is 10.4. The number of nitriles is 1. The Hall–Kier alpha value is -3.06. The van der Waals surface area contributed by atoms with E-state index in [1.54, 1.807) is 31.4 Å². The van der Waals surface area contributed by atoms with Crippen molar-refractivity contribution in [3.8, 4) is 23.1 Å². The van der Waals surface area contributed by atoms with Crippen LogP contribution in [0.25, 0.3) is 22.3 Å². The fourth-order valence-electron chi connectivity index (χ4n) is 2.38. The van der Waals surface area contributed by atoms with Gasteiger partial charge in [-0.2, -0.15) is 5.26 Å². The Morgan fingerprint density at radius 1 is 1.18 bits per heavy atom. The third-order valence-electron chi connectivity index (χ3n) is 3.46. The number of benzene rings is 2. The first kappa shape index (κ1) is 13.9. The second kappa shape index (κ2) is 5.74. The van der Waals surface area contributed by atoms with Crippen molar-refractivity contribution in [3.63, 3.8) is 0 Å². The summed E-state index contributed by atoms with van der Waals surface area (Å²) in [7, 11) is 1.58. The van der Waals surface area contributed by atoms with E-state index in [0.717, 1.165) is 5.56 Å². The summed E-state index contributed by atoms with van der Waals surface area (Å²) in [4.78, 5) is 12.3. The molecule has 0 saturated carbocycles. The van der Waals surface area contributed by atoms with Crippen molar-refractivity contribution < 1.29 is 9.15 Å². The molecule has 0 aliphatic carbocycles. The molecule has 0 aliphatic rings. The van der Waals surface area contributed by atoms with Crippen LogP contribution in [0.5, 0.6) is 5.75 Å². The largest absolute Gasteiger partial charge is 0.497 e. The molecule has 0 N–H and O–H groups in total. The molecule has 0 spiro atoms. The van der Waals surface area contributed by atoms with Gasteiger partial charge in [0.05, 0.1) is 25.0 Å². The van der Waals surface area contributed by atoms with Crippen LogP contribution in [0.4, 0.5) is 0 Å². The number of rotatable bonds is 3. The summed E-state index contributed by atoms with van der Waals surface area (Å²) >= 11 is 0. The Bertz CT molecular complexity index is 935. The van der Waals surface area contributed by atoms with Crippen LogP contribution in [0.2, 0.25) is 0 Å². The maximum atomic E-state index is 12.3. The Morgan fingerprint density at radius 3 is 2.77 bits per heavy atom. The minimum Gasteiger partial charge on any atom is -0.497 e. The van der Waals surface area contributed by atoms with Crippen LogP contribution >= 0.6 is 0 Å². The topological polar surface area (TPSA) is 63.2 Å². The molecule has 0 unspecified atom stereocenters. The number of hydrogen-bond donors (Lipinski definition) is 0. The van der Waals surface area contributed by atoms with Crippen LogP contribution in [0.15, 0.2) is 57.7 Å². The van der Waals surface area contributed by atoms with Crippen LogP contribution in [-0.4, -0.2) is 7.11 Å². The summed E-state index contributed by atoms with van der Waals surface area (Å²) in [5, 5.41) is 9.40. The lowest BCUT2D eigenvalue weighted by atomic mass is 10.1. The highest BCUT2D eigenvalue weighted by Crippen LogP contribution is 2.27. The standard InChI is InChI=1S/C18H13NO3/c1-21-14-6-2-5-13(10-14)17-11-16(20)15-7-3-4-12(8-9-19)18(15)22-17/h2-7,10-11H,8H2,1H3. The smallest absolute Gasteiger partial charge is 0.193 e. The predicted octanol–water partition coefficient (Wildman–Crippen LogP) is 3.53. The molecule has 4 nitrogen and oxygen atoms in total. The average Bonchev–Trinajstić information content (AvgIpc) is 2.56. The van der Waals surface area contributed by atoms with Crippen molar-refractivity contribution in [2.45, 2.75) is 6.42 Å². The molecule has 0 radical (unpaired) electrons. The summed E-state index contributed by atoms with van der Waals surface area (Å²) in [5.74, 6) is 1.15. The van der Waals surface area contributed by atoms with E-state index in [1.165, 1.54) is 6.07 Å². The molecule has 1 aromatic heterocycles. The molecule has 4 heteroatoms. The van der Waals surface area contributed by atoms with E-state index in [4.69, 9.17) is 14.4 Å². The third-order valence-corrected chi connectivity index (χ3v) is 3.46. The maximum Gasteiger partial charge on any atom is 0.193 e. The van der Waals surface area contributed by atoms with Gasteiger partial charge < -0.3 is 9.15 Å². The molecular weight excluding hydrogens is 278 g/mol. The van der Waals surface area contributed by atoms with E-state index in [9.17, 15) is 4.79 Å². The Balaban J connectivity index is 2.25. The lowest BCUT2D eigenvalue weighted by Crippen LogP contribution is -2.02. The fraction of sp³-hybridized carbons (Fsp3) is 0.111. The second-order valence-electron chi connectivity index (χ2n) is 4.84. The van der Waals surface area contributed by atoms with Crippen LogP contribution < -0.4 is 10.2 Å². The highest BCUT2D eigenvalue weighted by atomic mass is 16.5. The Labute approximate surface area is 127 Å². The number of ether oxygens (including phenoxy) is 1.